The third kappa shape index (κ3) is 4.33. The molecule has 1 heterocycles. The minimum atomic E-state index is -0.237. The van der Waals surface area contributed by atoms with Crippen molar-refractivity contribution in [3.8, 4) is 5.75 Å². The van der Waals surface area contributed by atoms with Gasteiger partial charge in [-0.2, -0.15) is 0 Å². The van der Waals surface area contributed by atoms with Crippen LogP contribution < -0.4 is 10.1 Å². The first-order valence-electron chi connectivity index (χ1n) is 8.67. The molecule has 0 saturated carbocycles. The van der Waals surface area contributed by atoms with Crippen molar-refractivity contribution in [1.82, 2.24) is 5.32 Å². The van der Waals surface area contributed by atoms with Gasteiger partial charge in [-0.15, -0.1) is 0 Å². The van der Waals surface area contributed by atoms with Crippen LogP contribution in [0.1, 0.15) is 46.0 Å². The molecule has 134 valence electrons. The largest absolute Gasteiger partial charge is 0.486 e. The summed E-state index contributed by atoms with van der Waals surface area (Å²) in [5, 5.41) is 2.94. The lowest BCUT2D eigenvalue weighted by molar-refractivity contribution is 0.0907. The molecule has 1 aromatic heterocycles. The van der Waals surface area contributed by atoms with E-state index in [1.807, 2.05) is 62.4 Å². The summed E-state index contributed by atoms with van der Waals surface area (Å²) in [6.45, 7) is 6.34. The van der Waals surface area contributed by atoms with Crippen LogP contribution in [0.15, 0.2) is 65.1 Å². The highest BCUT2D eigenvalue weighted by Gasteiger charge is 2.15. The van der Waals surface area contributed by atoms with E-state index >= 15 is 0 Å². The standard InChI is InChI=1S/C22H23NO3/c1-15-9-10-19(13-16(15)2)25-14-20-11-12-21(26-20)22(24)23-17(3)18-7-5-4-6-8-18/h4-13,17H,14H2,1-3H3,(H,23,24). The average molecular weight is 349 g/mol. The Morgan fingerprint density at radius 1 is 1.04 bits per heavy atom. The van der Waals surface area contributed by atoms with Crippen molar-refractivity contribution in [2.45, 2.75) is 33.4 Å². The molecule has 3 aromatic rings. The molecule has 3 rings (SSSR count). The Hall–Kier alpha value is -3.01. The molecule has 0 radical (unpaired) electrons. The molecule has 0 aliphatic rings. The van der Waals surface area contributed by atoms with Crippen molar-refractivity contribution in [3.63, 3.8) is 0 Å². The molecular formula is C22H23NO3. The Kier molecular flexibility index (Phi) is 5.42. The fourth-order valence-electron chi connectivity index (χ4n) is 2.63. The second kappa shape index (κ2) is 7.91. The van der Waals surface area contributed by atoms with Gasteiger partial charge in [0.2, 0.25) is 0 Å². The molecule has 1 atom stereocenters. The van der Waals surface area contributed by atoms with Crippen LogP contribution in [0.25, 0.3) is 0 Å². The van der Waals surface area contributed by atoms with Crippen molar-refractivity contribution in [2.75, 3.05) is 0 Å². The number of ether oxygens (including phenoxy) is 1. The molecule has 1 N–H and O–H groups in total. The normalized spacial score (nSPS) is 11.8. The van der Waals surface area contributed by atoms with Crippen molar-refractivity contribution in [2.24, 2.45) is 0 Å². The lowest BCUT2D eigenvalue weighted by Crippen LogP contribution is -2.26. The highest BCUT2D eigenvalue weighted by Crippen LogP contribution is 2.19. The molecule has 4 nitrogen and oxygen atoms in total. The van der Waals surface area contributed by atoms with E-state index in [0.29, 0.717) is 5.76 Å². The van der Waals surface area contributed by atoms with E-state index in [1.165, 1.54) is 11.1 Å². The maximum atomic E-state index is 12.4. The highest BCUT2D eigenvalue weighted by atomic mass is 16.5. The Morgan fingerprint density at radius 3 is 2.54 bits per heavy atom. The van der Waals surface area contributed by atoms with Gasteiger partial charge in [-0.3, -0.25) is 4.79 Å². The van der Waals surface area contributed by atoms with Crippen LogP contribution in [0.2, 0.25) is 0 Å². The number of carbonyl (C=O) groups is 1. The Bertz CT molecular complexity index is 883. The van der Waals surface area contributed by atoms with Gasteiger partial charge in [-0.1, -0.05) is 36.4 Å². The second-order valence-corrected chi connectivity index (χ2v) is 6.41. The van der Waals surface area contributed by atoms with Crippen molar-refractivity contribution < 1.29 is 13.9 Å². The van der Waals surface area contributed by atoms with Gasteiger partial charge in [0.15, 0.2) is 5.76 Å². The molecule has 1 amide bonds. The van der Waals surface area contributed by atoms with Crippen LogP contribution in [-0.2, 0) is 6.61 Å². The fraction of sp³-hybridized carbons (Fsp3) is 0.227. The van der Waals surface area contributed by atoms with E-state index < -0.39 is 0 Å². The smallest absolute Gasteiger partial charge is 0.287 e. The predicted molar refractivity (Wildman–Crippen MR) is 101 cm³/mol. The number of rotatable bonds is 6. The monoisotopic (exact) mass is 349 g/mol. The summed E-state index contributed by atoms with van der Waals surface area (Å²) in [6.07, 6.45) is 0. The Morgan fingerprint density at radius 2 is 1.81 bits per heavy atom. The lowest BCUT2D eigenvalue weighted by atomic mass is 10.1. The first-order chi connectivity index (χ1) is 12.5. The van der Waals surface area contributed by atoms with Crippen molar-refractivity contribution >= 4 is 5.91 Å². The molecule has 0 bridgehead atoms. The van der Waals surface area contributed by atoms with Crippen LogP contribution in [-0.4, -0.2) is 5.91 Å². The quantitative estimate of drug-likeness (QED) is 0.684. The number of hydrogen-bond acceptors (Lipinski definition) is 3. The molecule has 4 heteroatoms. The van der Waals surface area contributed by atoms with E-state index in [0.717, 1.165) is 11.3 Å². The van der Waals surface area contributed by atoms with Gasteiger partial charge in [0.1, 0.15) is 18.1 Å². The average Bonchev–Trinajstić information content (AvgIpc) is 3.12. The van der Waals surface area contributed by atoms with Crippen LogP contribution in [0.4, 0.5) is 0 Å². The predicted octanol–water partition coefficient (Wildman–Crippen LogP) is 4.97. The van der Waals surface area contributed by atoms with Crippen LogP contribution in [0.3, 0.4) is 0 Å². The fourth-order valence-corrected chi connectivity index (χ4v) is 2.63. The summed E-state index contributed by atoms with van der Waals surface area (Å²) in [7, 11) is 0. The summed E-state index contributed by atoms with van der Waals surface area (Å²) >= 11 is 0. The molecule has 2 aromatic carbocycles. The first-order valence-corrected chi connectivity index (χ1v) is 8.67. The molecule has 1 unspecified atom stereocenters. The lowest BCUT2D eigenvalue weighted by Gasteiger charge is -2.13. The van der Waals surface area contributed by atoms with E-state index in [9.17, 15) is 4.79 Å². The molecule has 0 aliphatic carbocycles. The highest BCUT2D eigenvalue weighted by molar-refractivity contribution is 5.91. The van der Waals surface area contributed by atoms with Gasteiger partial charge in [0.25, 0.3) is 5.91 Å². The summed E-state index contributed by atoms with van der Waals surface area (Å²) in [5.74, 6) is 1.44. The number of benzene rings is 2. The molecular weight excluding hydrogens is 326 g/mol. The SMILES string of the molecule is Cc1ccc(OCc2ccc(C(=O)NC(C)c3ccccc3)o2)cc1C. The van der Waals surface area contributed by atoms with E-state index in [1.54, 1.807) is 12.1 Å². The van der Waals surface area contributed by atoms with Gasteiger partial charge in [-0.05, 0) is 61.7 Å². The number of aryl methyl sites for hydroxylation is 2. The van der Waals surface area contributed by atoms with Crippen molar-refractivity contribution in [3.05, 3.63) is 88.9 Å². The molecule has 0 fully saturated rings. The van der Waals surface area contributed by atoms with Crippen LogP contribution in [0.5, 0.6) is 5.75 Å². The van der Waals surface area contributed by atoms with Crippen LogP contribution >= 0.6 is 0 Å². The third-order valence-corrected chi connectivity index (χ3v) is 4.39. The molecule has 0 saturated heterocycles. The summed E-state index contributed by atoms with van der Waals surface area (Å²) < 4.78 is 11.4. The Labute approximate surface area is 153 Å². The number of furan rings is 1. The van der Waals surface area contributed by atoms with Crippen molar-refractivity contribution in [1.29, 1.82) is 0 Å². The molecule has 0 aliphatic heterocycles. The zero-order valence-electron chi connectivity index (χ0n) is 15.3. The minimum Gasteiger partial charge on any atom is -0.486 e. The minimum absolute atomic E-state index is 0.0935. The maximum absolute atomic E-state index is 12.4. The number of carbonyl (C=O) groups excluding carboxylic acids is 1. The third-order valence-electron chi connectivity index (χ3n) is 4.39. The van der Waals surface area contributed by atoms with Gasteiger partial charge in [0.05, 0.1) is 6.04 Å². The van der Waals surface area contributed by atoms with Crippen LogP contribution in [0, 0.1) is 13.8 Å². The number of amides is 1. The number of nitrogens with one attached hydrogen (secondary N) is 1. The van der Waals surface area contributed by atoms with Gasteiger partial charge in [-0.25, -0.2) is 0 Å². The van der Waals surface area contributed by atoms with E-state index in [-0.39, 0.29) is 24.3 Å². The van der Waals surface area contributed by atoms with Gasteiger partial charge >= 0.3 is 0 Å². The van der Waals surface area contributed by atoms with E-state index in [2.05, 4.69) is 12.2 Å². The van der Waals surface area contributed by atoms with E-state index in [4.69, 9.17) is 9.15 Å². The Balaban J connectivity index is 1.58. The molecule has 26 heavy (non-hydrogen) atoms. The topological polar surface area (TPSA) is 51.5 Å². The maximum Gasteiger partial charge on any atom is 0.287 e. The summed E-state index contributed by atoms with van der Waals surface area (Å²) in [6, 6.07) is 19.1. The summed E-state index contributed by atoms with van der Waals surface area (Å²) in [4.78, 5) is 12.4. The first kappa shape index (κ1) is 17.8. The molecule has 0 spiro atoms. The zero-order valence-corrected chi connectivity index (χ0v) is 15.3. The summed E-state index contributed by atoms with van der Waals surface area (Å²) in [5.41, 5.74) is 3.45. The van der Waals surface area contributed by atoms with Gasteiger partial charge < -0.3 is 14.5 Å². The number of hydrogen-bond donors (Lipinski definition) is 1. The van der Waals surface area contributed by atoms with Gasteiger partial charge in [0, 0.05) is 0 Å². The zero-order chi connectivity index (χ0) is 18.5. The second-order valence-electron chi connectivity index (χ2n) is 6.41.